The lowest BCUT2D eigenvalue weighted by Crippen LogP contribution is -2.53. The Morgan fingerprint density at radius 3 is 2.76 bits per heavy atom. The lowest BCUT2D eigenvalue weighted by molar-refractivity contribution is 0.0508. The second-order valence-corrected chi connectivity index (χ2v) is 10.4. The van der Waals surface area contributed by atoms with Crippen molar-refractivity contribution in [2.45, 2.75) is 68.8 Å². The van der Waals surface area contributed by atoms with Gasteiger partial charge in [-0.2, -0.15) is 0 Å². The Bertz CT molecular complexity index is 1240. The molecular weight excluding hydrogens is 466 g/mol. The minimum absolute atomic E-state index is 0.00757. The number of pyridine rings is 1. The molecule has 2 saturated heterocycles. The highest BCUT2D eigenvalue weighted by atomic mass is 16.5. The number of nitrogens with zero attached hydrogens (tertiary/aromatic N) is 2. The first-order valence-corrected chi connectivity index (χ1v) is 13.4. The third-order valence-corrected chi connectivity index (χ3v) is 8.19. The van der Waals surface area contributed by atoms with Crippen LogP contribution < -0.4 is 10.1 Å². The molecule has 4 atom stereocenters. The molecular formula is C30H35N3O4. The van der Waals surface area contributed by atoms with Crippen LogP contribution in [-0.2, 0) is 9.47 Å². The van der Waals surface area contributed by atoms with E-state index in [1.54, 1.807) is 25.9 Å². The molecule has 1 aromatic carbocycles. The molecule has 7 nitrogen and oxygen atoms in total. The summed E-state index contributed by atoms with van der Waals surface area (Å²) in [6.07, 6.45) is 17.3. The number of methoxy groups -OCH3 is 1. The van der Waals surface area contributed by atoms with Gasteiger partial charge in [0.15, 0.2) is 5.76 Å². The molecule has 0 spiro atoms. The molecule has 2 fully saturated rings. The third-order valence-electron chi connectivity index (χ3n) is 8.19. The lowest BCUT2D eigenvalue weighted by Gasteiger charge is -2.41. The second kappa shape index (κ2) is 10.7. The first-order chi connectivity index (χ1) is 18.2. The summed E-state index contributed by atoms with van der Waals surface area (Å²) in [4.78, 5) is 7.17. The zero-order valence-electron chi connectivity index (χ0n) is 21.3. The molecule has 2 aromatic rings. The van der Waals surface area contributed by atoms with Crippen molar-refractivity contribution in [1.82, 2.24) is 15.2 Å². The Balaban J connectivity index is 1.16. The SMILES string of the molecule is COc1ccc2cccc(C(O)CN3C4CCC3CC(NC(C3=CC=CCC3)C3=COC=CO3)C4)c2n1. The normalized spacial score (nSPS) is 26.7. The van der Waals surface area contributed by atoms with Crippen molar-refractivity contribution in [3.63, 3.8) is 0 Å². The summed E-state index contributed by atoms with van der Waals surface area (Å²) in [5.74, 6) is 1.38. The quantitative estimate of drug-likeness (QED) is 0.535. The topological polar surface area (TPSA) is 76.1 Å². The average molecular weight is 502 g/mol. The standard InChI is InChI=1S/C30H35N3O4/c1-35-28-13-10-21-8-5-9-25(29(21)32-28)26(34)18-33-23-11-12-24(33)17-22(16-23)31-30(20-6-3-2-4-7-20)27-19-36-14-15-37-27/h2-3,5-6,8-10,13-15,19,22-24,26,30-31,34H,4,7,11-12,16-18H2,1H3. The van der Waals surface area contributed by atoms with Gasteiger partial charge in [-0.25, -0.2) is 4.98 Å². The second-order valence-electron chi connectivity index (χ2n) is 10.4. The summed E-state index contributed by atoms with van der Waals surface area (Å²) in [6.45, 7) is 0.617. The van der Waals surface area contributed by atoms with Crippen LogP contribution in [0.15, 0.2) is 78.7 Å². The summed E-state index contributed by atoms with van der Waals surface area (Å²) in [7, 11) is 1.62. The molecule has 7 heteroatoms. The molecule has 1 aromatic heterocycles. The first-order valence-electron chi connectivity index (χ1n) is 13.4. The van der Waals surface area contributed by atoms with E-state index in [9.17, 15) is 5.11 Å². The van der Waals surface area contributed by atoms with Gasteiger partial charge >= 0.3 is 0 Å². The van der Waals surface area contributed by atoms with Crippen LogP contribution >= 0.6 is 0 Å². The summed E-state index contributed by atoms with van der Waals surface area (Å²) in [5.41, 5.74) is 3.01. The number of para-hydroxylation sites is 1. The van der Waals surface area contributed by atoms with Crippen molar-refractivity contribution in [2.24, 2.45) is 0 Å². The van der Waals surface area contributed by atoms with E-state index in [1.165, 1.54) is 18.4 Å². The number of ether oxygens (including phenoxy) is 3. The van der Waals surface area contributed by atoms with Crippen LogP contribution in [0.4, 0.5) is 0 Å². The van der Waals surface area contributed by atoms with E-state index < -0.39 is 6.10 Å². The van der Waals surface area contributed by atoms with Gasteiger partial charge in [0, 0.05) is 41.7 Å². The Morgan fingerprint density at radius 2 is 2.03 bits per heavy atom. The van der Waals surface area contributed by atoms with Crippen molar-refractivity contribution in [2.75, 3.05) is 13.7 Å². The Hall–Kier alpha value is -3.13. The highest BCUT2D eigenvalue weighted by Gasteiger charge is 2.42. The van der Waals surface area contributed by atoms with Gasteiger partial charge < -0.3 is 24.6 Å². The van der Waals surface area contributed by atoms with Crippen LogP contribution in [0.5, 0.6) is 5.88 Å². The molecule has 2 bridgehead atoms. The van der Waals surface area contributed by atoms with Crippen molar-refractivity contribution in [1.29, 1.82) is 0 Å². The van der Waals surface area contributed by atoms with Crippen LogP contribution in [0.2, 0.25) is 0 Å². The number of benzene rings is 1. The number of hydrogen-bond acceptors (Lipinski definition) is 7. The van der Waals surface area contributed by atoms with E-state index >= 15 is 0 Å². The predicted molar refractivity (Wildman–Crippen MR) is 143 cm³/mol. The average Bonchev–Trinajstić information content (AvgIpc) is 3.18. The maximum absolute atomic E-state index is 11.4. The lowest BCUT2D eigenvalue weighted by atomic mass is 9.91. The molecule has 6 rings (SSSR count). The monoisotopic (exact) mass is 501 g/mol. The highest BCUT2D eigenvalue weighted by Crippen LogP contribution is 2.38. The maximum atomic E-state index is 11.4. The first kappa shape index (κ1) is 24.2. The number of fused-ring (bicyclic) bond motifs is 3. The minimum Gasteiger partial charge on any atom is -0.481 e. The molecule has 0 radical (unpaired) electrons. The Morgan fingerprint density at radius 1 is 1.16 bits per heavy atom. The van der Waals surface area contributed by atoms with Gasteiger partial charge in [-0.3, -0.25) is 4.90 Å². The van der Waals surface area contributed by atoms with Gasteiger partial charge in [0.1, 0.15) is 18.8 Å². The fraction of sp³-hybridized carbons (Fsp3) is 0.433. The number of aliphatic hydroxyl groups is 1. The summed E-state index contributed by atoms with van der Waals surface area (Å²) < 4.78 is 16.6. The van der Waals surface area contributed by atoms with E-state index in [0.717, 1.165) is 47.9 Å². The highest BCUT2D eigenvalue weighted by molar-refractivity contribution is 5.82. The maximum Gasteiger partial charge on any atom is 0.213 e. The number of aromatic nitrogens is 1. The van der Waals surface area contributed by atoms with Crippen LogP contribution in [0, 0.1) is 0 Å². The van der Waals surface area contributed by atoms with Crippen LogP contribution in [0.1, 0.15) is 50.2 Å². The smallest absolute Gasteiger partial charge is 0.213 e. The van der Waals surface area contributed by atoms with E-state index in [0.29, 0.717) is 30.6 Å². The predicted octanol–water partition coefficient (Wildman–Crippen LogP) is 4.87. The van der Waals surface area contributed by atoms with Gasteiger partial charge in [-0.15, -0.1) is 0 Å². The fourth-order valence-electron chi connectivity index (χ4n) is 6.42. The minimum atomic E-state index is -0.604. The molecule has 0 saturated carbocycles. The number of piperidine rings is 1. The molecule has 2 N–H and O–H groups in total. The number of rotatable bonds is 8. The van der Waals surface area contributed by atoms with Crippen LogP contribution in [0.3, 0.4) is 0 Å². The molecule has 4 unspecified atom stereocenters. The zero-order valence-corrected chi connectivity index (χ0v) is 21.3. The number of nitrogens with one attached hydrogen (secondary N) is 1. The Labute approximate surface area is 218 Å². The van der Waals surface area contributed by atoms with Gasteiger partial charge in [-0.05, 0) is 50.2 Å². The summed E-state index contributed by atoms with van der Waals surface area (Å²) >= 11 is 0. The van der Waals surface area contributed by atoms with Crippen molar-refractivity contribution in [3.8, 4) is 5.88 Å². The van der Waals surface area contributed by atoms with E-state index in [4.69, 9.17) is 14.2 Å². The third kappa shape index (κ3) is 5.04. The zero-order chi connectivity index (χ0) is 25.2. The number of hydrogen-bond donors (Lipinski definition) is 2. The number of aliphatic hydroxyl groups excluding tert-OH is 1. The van der Waals surface area contributed by atoms with E-state index in [1.807, 2.05) is 30.3 Å². The Kier molecular flexibility index (Phi) is 7.00. The summed E-state index contributed by atoms with van der Waals surface area (Å²) in [6, 6.07) is 11.1. The molecule has 1 aliphatic carbocycles. The summed E-state index contributed by atoms with van der Waals surface area (Å²) in [5, 5.41) is 16.3. The largest absolute Gasteiger partial charge is 0.481 e. The molecule has 37 heavy (non-hydrogen) atoms. The van der Waals surface area contributed by atoms with Gasteiger partial charge in [0.05, 0.1) is 24.8 Å². The van der Waals surface area contributed by atoms with E-state index in [-0.39, 0.29) is 6.04 Å². The fourth-order valence-corrected chi connectivity index (χ4v) is 6.42. The van der Waals surface area contributed by atoms with E-state index in [2.05, 4.69) is 33.4 Å². The van der Waals surface area contributed by atoms with Crippen LogP contribution in [0.25, 0.3) is 10.9 Å². The van der Waals surface area contributed by atoms with Crippen molar-refractivity contribution >= 4 is 10.9 Å². The van der Waals surface area contributed by atoms with Crippen molar-refractivity contribution < 1.29 is 19.3 Å². The van der Waals surface area contributed by atoms with Gasteiger partial charge in [-0.1, -0.05) is 36.4 Å². The van der Waals surface area contributed by atoms with Crippen LogP contribution in [-0.4, -0.2) is 52.8 Å². The molecule has 194 valence electrons. The molecule has 3 aliphatic heterocycles. The van der Waals surface area contributed by atoms with Gasteiger partial charge in [0.25, 0.3) is 0 Å². The van der Waals surface area contributed by atoms with Gasteiger partial charge in [0.2, 0.25) is 5.88 Å². The molecule has 0 amide bonds. The molecule has 4 aliphatic rings. The number of allylic oxidation sites excluding steroid dienone is 3. The molecule has 4 heterocycles. The van der Waals surface area contributed by atoms with Crippen molar-refractivity contribution in [3.05, 3.63) is 84.2 Å².